The van der Waals surface area contributed by atoms with Crippen molar-refractivity contribution in [2.45, 2.75) is 50.1 Å². The van der Waals surface area contributed by atoms with Crippen molar-refractivity contribution in [3.8, 4) is 0 Å². The molecule has 0 spiro atoms. The lowest BCUT2D eigenvalue weighted by molar-refractivity contribution is 0.0688. The number of hydrogen-bond acceptors (Lipinski definition) is 4. The molecule has 6 heteroatoms. The van der Waals surface area contributed by atoms with Gasteiger partial charge in [-0.25, -0.2) is 4.98 Å². The molecule has 1 N–H and O–H groups in total. The molecular weight excluding hydrogens is 334 g/mol. The number of thioether (sulfide) groups is 1. The zero-order valence-corrected chi connectivity index (χ0v) is 15.6. The molecular formula is C19H23N3O2S. The lowest BCUT2D eigenvalue weighted by Crippen LogP contribution is -2.39. The van der Waals surface area contributed by atoms with Crippen LogP contribution in [0, 0.1) is 0 Å². The molecule has 1 heterocycles. The summed E-state index contributed by atoms with van der Waals surface area (Å²) in [6.07, 6.45) is 5.57. The van der Waals surface area contributed by atoms with E-state index in [1.165, 1.54) is 6.20 Å². The van der Waals surface area contributed by atoms with Crippen LogP contribution >= 0.6 is 11.8 Å². The minimum absolute atomic E-state index is 0.0204. The Morgan fingerprint density at radius 1 is 1.40 bits per heavy atom. The van der Waals surface area contributed by atoms with Gasteiger partial charge in [-0.2, -0.15) is 0 Å². The molecule has 0 bridgehead atoms. The fraction of sp³-hybridized carbons (Fsp3) is 0.421. The van der Waals surface area contributed by atoms with Crippen LogP contribution in [0.2, 0.25) is 0 Å². The average molecular weight is 357 g/mol. The van der Waals surface area contributed by atoms with Gasteiger partial charge in [-0.15, -0.1) is 11.8 Å². The maximum Gasteiger partial charge on any atom is 0.263 e. The molecule has 25 heavy (non-hydrogen) atoms. The largest absolute Gasteiger partial charge is 0.332 e. The van der Waals surface area contributed by atoms with Gasteiger partial charge in [0.25, 0.3) is 11.5 Å². The highest BCUT2D eigenvalue weighted by Crippen LogP contribution is 2.37. The van der Waals surface area contributed by atoms with E-state index in [9.17, 15) is 9.59 Å². The van der Waals surface area contributed by atoms with E-state index in [0.717, 1.165) is 23.3 Å². The van der Waals surface area contributed by atoms with Gasteiger partial charge in [0, 0.05) is 29.6 Å². The monoisotopic (exact) mass is 357 g/mol. The summed E-state index contributed by atoms with van der Waals surface area (Å²) < 4.78 is 0. The summed E-state index contributed by atoms with van der Waals surface area (Å²) in [5, 5.41) is 0. The van der Waals surface area contributed by atoms with E-state index in [1.54, 1.807) is 16.7 Å². The molecule has 0 radical (unpaired) electrons. The Bertz CT molecular complexity index is 827. The summed E-state index contributed by atoms with van der Waals surface area (Å²) in [5.74, 6) is 0.776. The van der Waals surface area contributed by atoms with Crippen LogP contribution in [0.1, 0.15) is 54.4 Å². The first-order chi connectivity index (χ1) is 12.0. The number of hydrogen-bond donors (Lipinski definition) is 1. The van der Waals surface area contributed by atoms with Gasteiger partial charge < -0.3 is 9.88 Å². The molecule has 1 aliphatic carbocycles. The van der Waals surface area contributed by atoms with Crippen LogP contribution in [-0.4, -0.2) is 33.1 Å². The number of rotatable bonds is 6. The van der Waals surface area contributed by atoms with Crippen molar-refractivity contribution in [3.63, 3.8) is 0 Å². The van der Waals surface area contributed by atoms with Gasteiger partial charge in [0.05, 0.1) is 0 Å². The second-order valence-electron chi connectivity index (χ2n) is 6.66. The van der Waals surface area contributed by atoms with Crippen molar-refractivity contribution >= 4 is 17.7 Å². The molecule has 1 aliphatic rings. The van der Waals surface area contributed by atoms with Crippen LogP contribution in [0.25, 0.3) is 0 Å². The Labute approximate surface area is 151 Å². The molecule has 5 nitrogen and oxygen atoms in total. The topological polar surface area (TPSA) is 66.1 Å². The number of aromatic amines is 1. The van der Waals surface area contributed by atoms with Crippen molar-refractivity contribution in [2.75, 3.05) is 6.26 Å². The first-order valence-corrected chi connectivity index (χ1v) is 9.75. The number of amides is 1. The summed E-state index contributed by atoms with van der Waals surface area (Å²) in [6.45, 7) is 4.38. The molecule has 1 amide bonds. The highest BCUT2D eigenvalue weighted by Gasteiger charge is 2.28. The quantitative estimate of drug-likeness (QED) is 0.805. The molecule has 3 rings (SSSR count). The number of aromatic nitrogens is 2. The molecule has 0 aliphatic heterocycles. The van der Waals surface area contributed by atoms with Crippen LogP contribution in [0.5, 0.6) is 0 Å². The molecule has 1 aromatic carbocycles. The Kier molecular flexibility index (Phi) is 5.27. The highest BCUT2D eigenvalue weighted by atomic mass is 32.2. The molecule has 0 unspecified atom stereocenters. The van der Waals surface area contributed by atoms with Gasteiger partial charge in [-0.3, -0.25) is 9.59 Å². The zero-order valence-electron chi connectivity index (χ0n) is 14.8. The van der Waals surface area contributed by atoms with Crippen molar-refractivity contribution in [2.24, 2.45) is 0 Å². The molecule has 2 aromatic rings. The summed E-state index contributed by atoms with van der Waals surface area (Å²) in [7, 11) is 0. The molecule has 1 fully saturated rings. The van der Waals surface area contributed by atoms with Crippen LogP contribution in [0.4, 0.5) is 0 Å². The smallest absolute Gasteiger partial charge is 0.263 e. The van der Waals surface area contributed by atoms with Gasteiger partial charge >= 0.3 is 0 Å². The molecule has 0 saturated heterocycles. The molecule has 1 aromatic heterocycles. The number of carbonyl (C=O) groups excluding carboxylic acids is 1. The van der Waals surface area contributed by atoms with Crippen LogP contribution < -0.4 is 5.56 Å². The van der Waals surface area contributed by atoms with E-state index < -0.39 is 0 Å². The van der Waals surface area contributed by atoms with Crippen LogP contribution in [0.15, 0.2) is 40.2 Å². The van der Waals surface area contributed by atoms with Crippen molar-refractivity contribution in [3.05, 3.63) is 57.8 Å². The Balaban J connectivity index is 1.84. The van der Waals surface area contributed by atoms with Crippen LogP contribution in [0.3, 0.4) is 0 Å². The Morgan fingerprint density at radius 3 is 2.76 bits per heavy atom. The van der Waals surface area contributed by atoms with Crippen molar-refractivity contribution in [1.82, 2.24) is 14.9 Å². The van der Waals surface area contributed by atoms with Gasteiger partial charge in [0.15, 0.2) is 0 Å². The first-order valence-electron chi connectivity index (χ1n) is 8.52. The van der Waals surface area contributed by atoms with Gasteiger partial charge in [0.1, 0.15) is 11.4 Å². The van der Waals surface area contributed by atoms with E-state index in [4.69, 9.17) is 0 Å². The third-order valence-electron chi connectivity index (χ3n) is 4.38. The summed E-state index contributed by atoms with van der Waals surface area (Å²) >= 11 is 1.67. The predicted molar refractivity (Wildman–Crippen MR) is 100 cm³/mol. The van der Waals surface area contributed by atoms with Gasteiger partial charge in [-0.05, 0) is 50.6 Å². The highest BCUT2D eigenvalue weighted by molar-refractivity contribution is 7.98. The van der Waals surface area contributed by atoms with E-state index in [-0.39, 0.29) is 23.1 Å². The number of benzene rings is 1. The van der Waals surface area contributed by atoms with E-state index >= 15 is 0 Å². The second-order valence-corrected chi connectivity index (χ2v) is 7.54. The Hall–Kier alpha value is -2.08. The van der Waals surface area contributed by atoms with Gasteiger partial charge in [-0.1, -0.05) is 12.1 Å². The lowest BCUT2D eigenvalue weighted by atomic mass is 10.1. The Morgan fingerprint density at radius 2 is 2.16 bits per heavy atom. The summed E-state index contributed by atoms with van der Waals surface area (Å²) in [4.78, 5) is 35.2. The third-order valence-corrected chi connectivity index (χ3v) is 5.11. The second kappa shape index (κ2) is 7.44. The van der Waals surface area contributed by atoms with Crippen molar-refractivity contribution < 1.29 is 4.79 Å². The zero-order chi connectivity index (χ0) is 18.0. The third kappa shape index (κ3) is 4.12. The first kappa shape index (κ1) is 17.7. The minimum Gasteiger partial charge on any atom is -0.332 e. The van der Waals surface area contributed by atoms with E-state index in [2.05, 4.69) is 16.0 Å². The van der Waals surface area contributed by atoms with Crippen molar-refractivity contribution in [1.29, 1.82) is 0 Å². The minimum atomic E-state index is -0.342. The SMILES string of the molecule is CSc1cccc(CN(C(=O)c2cnc(C3CC3)[nH]c2=O)C(C)C)c1. The number of carbonyl (C=O) groups is 1. The van der Waals surface area contributed by atoms with E-state index in [1.807, 2.05) is 38.3 Å². The molecule has 0 atom stereocenters. The standard InChI is InChI=1S/C19H23N3O2S/c1-12(2)22(11-13-5-4-6-15(9-13)25-3)19(24)16-10-20-17(14-7-8-14)21-18(16)23/h4-6,9-10,12,14H,7-8,11H2,1-3H3,(H,20,21,23). The number of H-pyrrole nitrogens is 1. The van der Waals surface area contributed by atoms with E-state index in [0.29, 0.717) is 18.3 Å². The fourth-order valence-electron chi connectivity index (χ4n) is 2.74. The summed E-state index contributed by atoms with van der Waals surface area (Å²) in [6, 6.07) is 8.09. The fourth-order valence-corrected chi connectivity index (χ4v) is 3.22. The summed E-state index contributed by atoms with van der Waals surface area (Å²) in [5.41, 5.74) is 0.817. The number of nitrogens with one attached hydrogen (secondary N) is 1. The maximum atomic E-state index is 12.9. The maximum absolute atomic E-state index is 12.9. The normalized spacial score (nSPS) is 13.9. The molecule has 132 valence electrons. The number of nitrogens with zero attached hydrogens (tertiary/aromatic N) is 2. The van der Waals surface area contributed by atoms with Crippen LogP contribution in [-0.2, 0) is 6.54 Å². The molecule has 1 saturated carbocycles. The average Bonchev–Trinajstić information content (AvgIpc) is 3.44. The lowest BCUT2D eigenvalue weighted by Gasteiger charge is -2.26. The van der Waals surface area contributed by atoms with Gasteiger partial charge in [0.2, 0.25) is 0 Å². The predicted octanol–water partition coefficient (Wildman–Crippen LogP) is 3.42.